The summed E-state index contributed by atoms with van der Waals surface area (Å²) in [5, 5.41) is 15.4. The molecule has 30 heavy (non-hydrogen) atoms. The minimum atomic E-state index is -0.262. The smallest absolute Gasteiger partial charge is 0.258 e. The maximum absolute atomic E-state index is 12.3. The molecule has 9 nitrogen and oxygen atoms in total. The minimum Gasteiger partial charge on any atom is -0.486 e. The lowest BCUT2D eigenvalue weighted by molar-refractivity contribution is -0.123. The van der Waals surface area contributed by atoms with E-state index in [9.17, 15) is 4.79 Å². The molecule has 0 fully saturated rings. The molecule has 156 valence electrons. The van der Waals surface area contributed by atoms with Crippen LogP contribution in [0.5, 0.6) is 17.4 Å². The number of amides is 1. The molecule has 1 aliphatic rings. The van der Waals surface area contributed by atoms with E-state index < -0.39 is 0 Å². The van der Waals surface area contributed by atoms with Crippen LogP contribution in [0, 0.1) is 13.8 Å². The Morgan fingerprint density at radius 1 is 1.13 bits per heavy atom. The quantitative estimate of drug-likeness (QED) is 0.667. The summed E-state index contributed by atoms with van der Waals surface area (Å²) in [4.78, 5) is 12.3. The van der Waals surface area contributed by atoms with Gasteiger partial charge in [0, 0.05) is 11.8 Å². The van der Waals surface area contributed by atoms with Crippen LogP contribution >= 0.6 is 0 Å². The van der Waals surface area contributed by atoms with Gasteiger partial charge in [-0.05, 0) is 50.6 Å². The van der Waals surface area contributed by atoms with Crippen LogP contribution in [0.25, 0.3) is 5.82 Å². The molecule has 1 aromatic carbocycles. The van der Waals surface area contributed by atoms with E-state index in [4.69, 9.17) is 14.2 Å². The van der Waals surface area contributed by atoms with Gasteiger partial charge in [0.15, 0.2) is 23.9 Å². The van der Waals surface area contributed by atoms with E-state index in [-0.39, 0.29) is 24.4 Å². The summed E-state index contributed by atoms with van der Waals surface area (Å²) >= 11 is 0. The summed E-state index contributed by atoms with van der Waals surface area (Å²) in [6.07, 6.45) is 0. The lowest BCUT2D eigenvalue weighted by Crippen LogP contribution is -2.31. The first kappa shape index (κ1) is 19.7. The van der Waals surface area contributed by atoms with Gasteiger partial charge in [0.2, 0.25) is 5.88 Å². The number of nitrogens with zero attached hydrogens (tertiary/aromatic N) is 4. The molecule has 1 amide bonds. The highest BCUT2D eigenvalue weighted by Gasteiger charge is 2.16. The third-order valence-electron chi connectivity index (χ3n) is 4.65. The monoisotopic (exact) mass is 409 g/mol. The Bertz CT molecular complexity index is 1050. The number of nitrogens with one attached hydrogen (secondary N) is 1. The minimum absolute atomic E-state index is 0.164. The van der Waals surface area contributed by atoms with Gasteiger partial charge in [0.05, 0.1) is 11.7 Å². The molecule has 0 unspecified atom stereocenters. The Balaban J connectivity index is 1.32. The Hall–Kier alpha value is -3.62. The van der Waals surface area contributed by atoms with E-state index in [1.807, 2.05) is 45.0 Å². The highest BCUT2D eigenvalue weighted by atomic mass is 16.6. The van der Waals surface area contributed by atoms with Crippen molar-refractivity contribution >= 4 is 5.91 Å². The highest BCUT2D eigenvalue weighted by molar-refractivity contribution is 5.78. The molecule has 0 aliphatic carbocycles. The molecule has 9 heteroatoms. The van der Waals surface area contributed by atoms with Crippen LogP contribution < -0.4 is 19.5 Å². The van der Waals surface area contributed by atoms with E-state index in [0.717, 1.165) is 17.0 Å². The van der Waals surface area contributed by atoms with Gasteiger partial charge >= 0.3 is 0 Å². The van der Waals surface area contributed by atoms with Crippen molar-refractivity contribution in [2.24, 2.45) is 0 Å². The molecule has 0 saturated heterocycles. The Morgan fingerprint density at radius 2 is 1.93 bits per heavy atom. The summed E-state index contributed by atoms with van der Waals surface area (Å²) in [5.41, 5.74) is 2.78. The number of ether oxygens (including phenoxy) is 3. The van der Waals surface area contributed by atoms with Crippen molar-refractivity contribution in [2.75, 3.05) is 19.8 Å². The van der Waals surface area contributed by atoms with Gasteiger partial charge in [0.1, 0.15) is 13.2 Å². The fourth-order valence-corrected chi connectivity index (χ4v) is 3.20. The summed E-state index contributed by atoms with van der Waals surface area (Å²) in [5.74, 6) is 2.00. The van der Waals surface area contributed by atoms with Gasteiger partial charge in [-0.25, -0.2) is 4.68 Å². The molecule has 0 spiro atoms. The summed E-state index contributed by atoms with van der Waals surface area (Å²) in [6, 6.07) is 10.8. The van der Waals surface area contributed by atoms with Crippen molar-refractivity contribution in [1.82, 2.24) is 25.3 Å². The Kier molecular flexibility index (Phi) is 5.51. The number of carbonyl (C=O) groups excluding carboxylic acids is 1. The van der Waals surface area contributed by atoms with Gasteiger partial charge in [-0.15, -0.1) is 10.2 Å². The first-order chi connectivity index (χ1) is 14.5. The van der Waals surface area contributed by atoms with E-state index >= 15 is 0 Å². The number of benzene rings is 1. The van der Waals surface area contributed by atoms with E-state index in [2.05, 4.69) is 20.6 Å². The van der Waals surface area contributed by atoms with Gasteiger partial charge < -0.3 is 19.5 Å². The third-order valence-corrected chi connectivity index (χ3v) is 4.65. The fourth-order valence-electron chi connectivity index (χ4n) is 3.20. The number of hydrogen-bond acceptors (Lipinski definition) is 7. The molecular weight excluding hydrogens is 386 g/mol. The van der Waals surface area contributed by atoms with E-state index in [1.54, 1.807) is 16.8 Å². The number of carbonyl (C=O) groups is 1. The Morgan fingerprint density at radius 3 is 2.63 bits per heavy atom. The molecule has 0 radical (unpaired) electrons. The number of fused-ring (bicyclic) bond motifs is 1. The summed E-state index contributed by atoms with van der Waals surface area (Å²) < 4.78 is 18.3. The maximum Gasteiger partial charge on any atom is 0.258 e. The van der Waals surface area contributed by atoms with E-state index in [0.29, 0.717) is 30.5 Å². The van der Waals surface area contributed by atoms with Crippen molar-refractivity contribution in [1.29, 1.82) is 0 Å². The number of aromatic nitrogens is 4. The van der Waals surface area contributed by atoms with Gasteiger partial charge in [-0.3, -0.25) is 4.79 Å². The zero-order valence-electron chi connectivity index (χ0n) is 17.1. The van der Waals surface area contributed by atoms with Crippen LogP contribution in [0.15, 0.2) is 36.4 Å². The molecule has 2 aromatic heterocycles. The second kappa shape index (κ2) is 8.40. The normalized spacial score (nSPS) is 13.6. The predicted molar refractivity (Wildman–Crippen MR) is 108 cm³/mol. The van der Waals surface area contributed by atoms with Crippen molar-refractivity contribution in [2.45, 2.75) is 26.8 Å². The van der Waals surface area contributed by atoms with Crippen molar-refractivity contribution in [3.05, 3.63) is 53.3 Å². The topological polar surface area (TPSA) is 100 Å². The maximum atomic E-state index is 12.3. The van der Waals surface area contributed by atoms with Crippen molar-refractivity contribution < 1.29 is 19.0 Å². The molecule has 0 saturated carbocycles. The first-order valence-corrected chi connectivity index (χ1v) is 9.68. The van der Waals surface area contributed by atoms with Gasteiger partial charge in [0.25, 0.3) is 5.91 Å². The van der Waals surface area contributed by atoms with Crippen LogP contribution in [0.1, 0.15) is 29.9 Å². The third kappa shape index (κ3) is 4.35. The number of hydrogen-bond donors (Lipinski definition) is 1. The van der Waals surface area contributed by atoms with Crippen LogP contribution in [-0.4, -0.2) is 45.7 Å². The second-order valence-electron chi connectivity index (χ2n) is 7.05. The van der Waals surface area contributed by atoms with Gasteiger partial charge in [-0.1, -0.05) is 6.07 Å². The number of aryl methyl sites for hydroxylation is 2. The fraction of sp³-hybridized carbons (Fsp3) is 0.333. The van der Waals surface area contributed by atoms with Crippen LogP contribution in [0.3, 0.4) is 0 Å². The average molecular weight is 409 g/mol. The average Bonchev–Trinajstić information content (AvgIpc) is 3.10. The standard InChI is InChI=1S/C21H23N5O4/c1-13-10-14(2)26(25-13)19-6-7-21(24-23-19)30-12-20(27)22-15(3)16-4-5-17-18(11-16)29-9-8-28-17/h4-7,10-11,15H,8-9,12H2,1-3H3,(H,22,27)/t15-/m1/s1. The molecule has 1 N–H and O–H groups in total. The molecule has 1 aliphatic heterocycles. The zero-order chi connectivity index (χ0) is 21.1. The molecular formula is C21H23N5O4. The van der Waals surface area contributed by atoms with Crippen LogP contribution in [-0.2, 0) is 4.79 Å². The second-order valence-corrected chi connectivity index (χ2v) is 7.05. The SMILES string of the molecule is Cc1cc(C)n(-c2ccc(OCC(=O)N[C@H](C)c3ccc4c(c3)OCCO4)nn2)n1. The van der Waals surface area contributed by atoms with Crippen molar-refractivity contribution in [3.8, 4) is 23.2 Å². The molecule has 4 rings (SSSR count). The molecule has 0 bridgehead atoms. The van der Waals surface area contributed by atoms with Gasteiger partial charge in [-0.2, -0.15) is 5.10 Å². The lowest BCUT2D eigenvalue weighted by atomic mass is 10.1. The molecule has 3 heterocycles. The van der Waals surface area contributed by atoms with E-state index in [1.165, 1.54) is 0 Å². The largest absolute Gasteiger partial charge is 0.486 e. The number of rotatable bonds is 6. The van der Waals surface area contributed by atoms with Crippen LogP contribution in [0.2, 0.25) is 0 Å². The zero-order valence-corrected chi connectivity index (χ0v) is 17.1. The lowest BCUT2D eigenvalue weighted by Gasteiger charge is -2.21. The molecule has 1 atom stereocenters. The Labute approximate surface area is 174 Å². The van der Waals surface area contributed by atoms with Crippen LogP contribution in [0.4, 0.5) is 0 Å². The molecule has 3 aromatic rings. The predicted octanol–water partition coefficient (Wildman–Crippen LogP) is 2.31. The van der Waals surface area contributed by atoms with Crippen molar-refractivity contribution in [3.63, 3.8) is 0 Å². The summed E-state index contributed by atoms with van der Waals surface area (Å²) in [7, 11) is 0. The summed E-state index contributed by atoms with van der Waals surface area (Å²) in [6.45, 7) is 6.65. The highest BCUT2D eigenvalue weighted by Crippen LogP contribution is 2.32. The first-order valence-electron chi connectivity index (χ1n) is 9.68.